The Morgan fingerprint density at radius 3 is 2.93 bits per heavy atom. The summed E-state index contributed by atoms with van der Waals surface area (Å²) in [5, 5.41) is 18.9. The molecule has 0 spiro atoms. The third-order valence-electron chi connectivity index (χ3n) is 1.75. The van der Waals surface area contributed by atoms with E-state index in [1.807, 2.05) is 6.07 Å². The topological polar surface area (TPSA) is 95.1 Å². The van der Waals surface area contributed by atoms with E-state index in [9.17, 15) is 9.59 Å². The summed E-state index contributed by atoms with van der Waals surface area (Å²) < 4.78 is 1.24. The lowest BCUT2D eigenvalue weighted by molar-refractivity contribution is 0.194. The number of hydrogen-bond donors (Lipinski definition) is 2. The van der Waals surface area contributed by atoms with Crippen LogP contribution in [0.4, 0.5) is 4.79 Å². The Morgan fingerprint density at radius 1 is 1.67 bits per heavy atom. The average Bonchev–Trinajstić information content (AvgIpc) is 2.19. The van der Waals surface area contributed by atoms with Crippen LogP contribution in [0, 0.1) is 11.3 Å². The minimum absolute atomic E-state index is 0.00846. The molecule has 2 N–H and O–H groups in total. The molecule has 0 aromatic carbocycles. The Morgan fingerprint density at radius 2 is 2.40 bits per heavy atom. The van der Waals surface area contributed by atoms with Crippen molar-refractivity contribution in [1.29, 1.82) is 5.26 Å². The zero-order valence-electron chi connectivity index (χ0n) is 7.80. The average molecular weight is 207 g/mol. The molecule has 1 heterocycles. The van der Waals surface area contributed by atoms with Crippen LogP contribution >= 0.6 is 0 Å². The van der Waals surface area contributed by atoms with Gasteiger partial charge in [0.05, 0.1) is 6.07 Å². The van der Waals surface area contributed by atoms with Crippen molar-refractivity contribution in [3.8, 4) is 6.07 Å². The fourth-order valence-electron chi connectivity index (χ4n) is 1.04. The second kappa shape index (κ2) is 4.81. The third-order valence-corrected chi connectivity index (χ3v) is 1.75. The number of hydrogen-bond acceptors (Lipinski definition) is 3. The second-order valence-corrected chi connectivity index (χ2v) is 2.82. The third kappa shape index (κ3) is 3.15. The van der Waals surface area contributed by atoms with E-state index >= 15 is 0 Å². The molecule has 15 heavy (non-hydrogen) atoms. The highest BCUT2D eigenvalue weighted by molar-refractivity contribution is 5.64. The van der Waals surface area contributed by atoms with Gasteiger partial charge in [-0.05, 0) is 11.6 Å². The van der Waals surface area contributed by atoms with E-state index in [4.69, 9.17) is 10.4 Å². The molecule has 0 aliphatic carbocycles. The molecule has 0 bridgehead atoms. The molecule has 0 atom stereocenters. The van der Waals surface area contributed by atoms with Gasteiger partial charge in [0.15, 0.2) is 0 Å². The smallest absolute Gasteiger partial charge is 0.404 e. The molecule has 1 amide bonds. The normalized spacial score (nSPS) is 9.27. The molecule has 1 aromatic rings. The largest absolute Gasteiger partial charge is 0.465 e. The fraction of sp³-hybridized carbons (Fsp3) is 0.222. The predicted octanol–water partition coefficient (Wildman–Crippen LogP) is 0.139. The van der Waals surface area contributed by atoms with Gasteiger partial charge >= 0.3 is 6.09 Å². The van der Waals surface area contributed by atoms with E-state index < -0.39 is 6.09 Å². The van der Waals surface area contributed by atoms with Crippen molar-refractivity contribution in [3.63, 3.8) is 0 Å². The van der Waals surface area contributed by atoms with Gasteiger partial charge in [0.2, 0.25) is 0 Å². The van der Waals surface area contributed by atoms with Crippen LogP contribution in [0.5, 0.6) is 0 Å². The highest BCUT2D eigenvalue weighted by Gasteiger charge is 1.99. The number of nitriles is 1. The molecule has 78 valence electrons. The molecule has 6 nitrogen and oxygen atoms in total. The number of aromatic nitrogens is 1. The zero-order chi connectivity index (χ0) is 11.3. The number of carbonyl (C=O) groups is 1. The van der Waals surface area contributed by atoms with Gasteiger partial charge in [-0.15, -0.1) is 0 Å². The van der Waals surface area contributed by atoms with Gasteiger partial charge in [0, 0.05) is 18.8 Å². The number of rotatable bonds is 3. The van der Waals surface area contributed by atoms with E-state index in [2.05, 4.69) is 5.32 Å². The fourth-order valence-corrected chi connectivity index (χ4v) is 1.04. The number of carboxylic acid groups (broad SMARTS) is 1. The van der Waals surface area contributed by atoms with Gasteiger partial charge < -0.3 is 15.0 Å². The SMILES string of the molecule is N#CCn1ccc(CNC(=O)O)cc1=O. The molecule has 1 aromatic heterocycles. The Bertz CT molecular complexity index is 458. The van der Waals surface area contributed by atoms with Crippen LogP contribution in [0.15, 0.2) is 23.1 Å². The van der Waals surface area contributed by atoms with Crippen LogP contribution in [-0.4, -0.2) is 15.8 Å². The summed E-state index contributed by atoms with van der Waals surface area (Å²) in [4.78, 5) is 21.5. The second-order valence-electron chi connectivity index (χ2n) is 2.82. The van der Waals surface area contributed by atoms with Gasteiger partial charge in [-0.1, -0.05) is 0 Å². The van der Waals surface area contributed by atoms with Crippen molar-refractivity contribution < 1.29 is 9.90 Å². The summed E-state index contributed by atoms with van der Waals surface area (Å²) in [6, 6.07) is 4.74. The van der Waals surface area contributed by atoms with Crippen molar-refractivity contribution in [3.05, 3.63) is 34.2 Å². The number of nitrogens with one attached hydrogen (secondary N) is 1. The maximum atomic E-state index is 11.3. The summed E-state index contributed by atoms with van der Waals surface area (Å²) in [6.07, 6.45) is 0.320. The summed E-state index contributed by atoms with van der Waals surface area (Å²) in [6.45, 7) is 0.0729. The molecule has 0 radical (unpaired) electrons. The van der Waals surface area contributed by atoms with Gasteiger partial charge in [0.1, 0.15) is 6.54 Å². The molecule has 0 saturated carbocycles. The Labute approximate surface area is 85.4 Å². The molecule has 0 aliphatic rings. The maximum Gasteiger partial charge on any atom is 0.404 e. The van der Waals surface area contributed by atoms with Gasteiger partial charge in [-0.3, -0.25) is 4.79 Å². The highest BCUT2D eigenvalue weighted by Crippen LogP contribution is 1.93. The van der Waals surface area contributed by atoms with E-state index in [0.29, 0.717) is 5.56 Å². The Hall–Kier alpha value is -2.29. The van der Waals surface area contributed by atoms with Crippen molar-refractivity contribution in [2.75, 3.05) is 0 Å². The molecular formula is C9H9N3O3. The minimum Gasteiger partial charge on any atom is -0.465 e. The summed E-state index contributed by atoms with van der Waals surface area (Å²) >= 11 is 0. The first-order valence-electron chi connectivity index (χ1n) is 4.16. The molecule has 6 heteroatoms. The first-order valence-corrected chi connectivity index (χ1v) is 4.16. The van der Waals surface area contributed by atoms with Crippen molar-refractivity contribution in [2.45, 2.75) is 13.1 Å². The first-order chi connectivity index (χ1) is 7.13. The van der Waals surface area contributed by atoms with Crippen LogP contribution in [0.3, 0.4) is 0 Å². The Balaban J connectivity index is 2.79. The van der Waals surface area contributed by atoms with Gasteiger partial charge in [0.25, 0.3) is 5.56 Å². The van der Waals surface area contributed by atoms with Gasteiger partial charge in [-0.2, -0.15) is 5.26 Å². The van der Waals surface area contributed by atoms with E-state index in [0.717, 1.165) is 0 Å². The molecule has 0 fully saturated rings. The summed E-state index contributed by atoms with van der Waals surface area (Å²) in [5.41, 5.74) is 0.248. The van der Waals surface area contributed by atoms with E-state index in [1.165, 1.54) is 16.8 Å². The number of amides is 1. The van der Waals surface area contributed by atoms with Crippen molar-refractivity contribution >= 4 is 6.09 Å². The van der Waals surface area contributed by atoms with Crippen LogP contribution < -0.4 is 10.9 Å². The van der Waals surface area contributed by atoms with Crippen molar-refractivity contribution in [1.82, 2.24) is 9.88 Å². The standard InChI is InChI=1S/C9H9N3O3/c10-2-4-12-3-1-7(5-8(12)13)6-11-9(14)15/h1,3,5,11H,4,6H2,(H,14,15). The lowest BCUT2D eigenvalue weighted by Crippen LogP contribution is -2.23. The molecule has 0 saturated heterocycles. The number of nitrogens with zero attached hydrogens (tertiary/aromatic N) is 2. The van der Waals surface area contributed by atoms with E-state index in [-0.39, 0.29) is 18.6 Å². The summed E-state index contributed by atoms with van der Waals surface area (Å²) in [5.74, 6) is 0. The lowest BCUT2D eigenvalue weighted by Gasteiger charge is -2.03. The van der Waals surface area contributed by atoms with Gasteiger partial charge in [-0.25, -0.2) is 4.79 Å². The molecular weight excluding hydrogens is 198 g/mol. The minimum atomic E-state index is -1.14. The van der Waals surface area contributed by atoms with Crippen LogP contribution in [-0.2, 0) is 13.1 Å². The highest BCUT2D eigenvalue weighted by atomic mass is 16.4. The summed E-state index contributed by atoms with van der Waals surface area (Å²) in [7, 11) is 0. The predicted molar refractivity (Wildman–Crippen MR) is 51.2 cm³/mol. The van der Waals surface area contributed by atoms with Crippen LogP contribution in [0.2, 0.25) is 0 Å². The van der Waals surface area contributed by atoms with Crippen LogP contribution in [0.25, 0.3) is 0 Å². The lowest BCUT2D eigenvalue weighted by atomic mass is 10.2. The quantitative estimate of drug-likeness (QED) is 0.736. The monoisotopic (exact) mass is 207 g/mol. The Kier molecular flexibility index (Phi) is 3.46. The van der Waals surface area contributed by atoms with Crippen LogP contribution in [0.1, 0.15) is 5.56 Å². The molecule has 1 rings (SSSR count). The number of pyridine rings is 1. The first kappa shape index (κ1) is 10.8. The van der Waals surface area contributed by atoms with E-state index in [1.54, 1.807) is 6.07 Å². The maximum absolute atomic E-state index is 11.3. The molecule has 0 unspecified atom stereocenters. The molecule has 0 aliphatic heterocycles. The zero-order valence-corrected chi connectivity index (χ0v) is 7.80. The van der Waals surface area contributed by atoms with Crippen molar-refractivity contribution in [2.24, 2.45) is 0 Å².